The van der Waals surface area contributed by atoms with E-state index in [9.17, 15) is 4.79 Å². The number of carbonyl (C=O) groups excluding carboxylic acids is 1. The molecule has 2 aromatic rings. The predicted molar refractivity (Wildman–Crippen MR) is 116 cm³/mol. The Balaban J connectivity index is 1.53. The summed E-state index contributed by atoms with van der Waals surface area (Å²) in [6.07, 6.45) is 6.46. The van der Waals surface area contributed by atoms with Crippen molar-refractivity contribution in [2.24, 2.45) is 0 Å². The molecular weight excluding hydrogens is 364 g/mol. The van der Waals surface area contributed by atoms with Gasteiger partial charge in [0.1, 0.15) is 0 Å². The normalized spacial score (nSPS) is 13.9. The molecule has 0 aliphatic heterocycles. The van der Waals surface area contributed by atoms with E-state index in [4.69, 9.17) is 9.47 Å². The van der Waals surface area contributed by atoms with Crippen molar-refractivity contribution in [1.82, 2.24) is 10.6 Å². The third-order valence-electron chi connectivity index (χ3n) is 5.64. The van der Waals surface area contributed by atoms with Crippen LogP contribution in [0.15, 0.2) is 36.4 Å². The Morgan fingerprint density at radius 1 is 1.00 bits per heavy atom. The Bertz CT molecular complexity index is 835. The predicted octanol–water partition coefficient (Wildman–Crippen LogP) is 4.58. The van der Waals surface area contributed by atoms with Crippen LogP contribution < -0.4 is 20.1 Å². The third-order valence-corrected chi connectivity index (χ3v) is 5.64. The van der Waals surface area contributed by atoms with Gasteiger partial charge in [0, 0.05) is 6.54 Å². The molecule has 0 heterocycles. The molecule has 1 unspecified atom stereocenters. The van der Waals surface area contributed by atoms with Crippen LogP contribution in [0.5, 0.6) is 11.5 Å². The highest BCUT2D eigenvalue weighted by atomic mass is 16.5. The van der Waals surface area contributed by atoms with Gasteiger partial charge in [-0.25, -0.2) is 4.79 Å². The number of ether oxygens (including phenoxy) is 2. The summed E-state index contributed by atoms with van der Waals surface area (Å²) >= 11 is 0. The Kier molecular flexibility index (Phi) is 7.39. The lowest BCUT2D eigenvalue weighted by molar-refractivity contribution is 0.237. The number of hydrogen-bond donors (Lipinski definition) is 2. The van der Waals surface area contributed by atoms with Gasteiger partial charge in [0.15, 0.2) is 11.5 Å². The summed E-state index contributed by atoms with van der Waals surface area (Å²) in [5, 5.41) is 6.09. The molecule has 2 amide bonds. The molecule has 1 aliphatic rings. The first kappa shape index (κ1) is 21.0. The molecule has 3 rings (SSSR count). The smallest absolute Gasteiger partial charge is 0.315 e. The number of hydrogen-bond acceptors (Lipinski definition) is 3. The zero-order valence-corrected chi connectivity index (χ0v) is 17.7. The summed E-state index contributed by atoms with van der Waals surface area (Å²) in [5.41, 5.74) is 5.20. The fraction of sp³-hybridized carbons (Fsp3) is 0.458. The average molecular weight is 397 g/mol. The van der Waals surface area contributed by atoms with Crippen molar-refractivity contribution in [1.29, 1.82) is 0 Å². The second kappa shape index (κ2) is 10.2. The van der Waals surface area contributed by atoms with Crippen molar-refractivity contribution in [3.63, 3.8) is 0 Å². The number of urea groups is 1. The van der Waals surface area contributed by atoms with Gasteiger partial charge < -0.3 is 20.1 Å². The maximum atomic E-state index is 12.4. The minimum absolute atomic E-state index is 0.0308. The quantitative estimate of drug-likeness (QED) is 0.687. The number of fused-ring (bicyclic) bond motifs is 1. The van der Waals surface area contributed by atoms with Gasteiger partial charge in [0.25, 0.3) is 0 Å². The van der Waals surface area contributed by atoms with Crippen LogP contribution >= 0.6 is 0 Å². The fourth-order valence-electron chi connectivity index (χ4n) is 3.96. The molecule has 0 fully saturated rings. The van der Waals surface area contributed by atoms with Crippen molar-refractivity contribution in [3.05, 3.63) is 58.7 Å². The maximum absolute atomic E-state index is 12.4. The van der Waals surface area contributed by atoms with E-state index in [-0.39, 0.29) is 12.1 Å². The lowest BCUT2D eigenvalue weighted by Gasteiger charge is -2.22. The van der Waals surface area contributed by atoms with E-state index in [2.05, 4.69) is 35.8 Å². The van der Waals surface area contributed by atoms with Gasteiger partial charge in [0.2, 0.25) is 0 Å². The van der Waals surface area contributed by atoms with Gasteiger partial charge in [-0.3, -0.25) is 0 Å². The Morgan fingerprint density at radius 3 is 2.48 bits per heavy atom. The second-order valence-corrected chi connectivity index (χ2v) is 7.54. The van der Waals surface area contributed by atoms with Crippen LogP contribution in [0, 0.1) is 0 Å². The van der Waals surface area contributed by atoms with Gasteiger partial charge in [0.05, 0.1) is 20.3 Å². The van der Waals surface area contributed by atoms with Gasteiger partial charge in [-0.15, -0.1) is 0 Å². The SMILES string of the molecule is CCC(NC(=O)NCCc1ccc(OC)c(OC)c1)c1ccc2c(c1)CCCC2. The zero-order valence-electron chi connectivity index (χ0n) is 17.7. The summed E-state index contributed by atoms with van der Waals surface area (Å²) in [5.74, 6) is 1.41. The van der Waals surface area contributed by atoms with Crippen LogP contribution in [-0.4, -0.2) is 26.8 Å². The van der Waals surface area contributed by atoms with Gasteiger partial charge in [-0.1, -0.05) is 31.2 Å². The number of carbonyl (C=O) groups is 1. The molecule has 1 atom stereocenters. The Morgan fingerprint density at radius 2 is 1.76 bits per heavy atom. The summed E-state index contributed by atoms with van der Waals surface area (Å²) in [6, 6.07) is 12.4. The van der Waals surface area contributed by atoms with Crippen molar-refractivity contribution in [2.75, 3.05) is 20.8 Å². The number of benzene rings is 2. The topological polar surface area (TPSA) is 59.6 Å². The minimum Gasteiger partial charge on any atom is -0.493 e. The highest BCUT2D eigenvalue weighted by molar-refractivity contribution is 5.74. The number of aryl methyl sites for hydroxylation is 2. The molecule has 156 valence electrons. The maximum Gasteiger partial charge on any atom is 0.315 e. The Labute approximate surface area is 173 Å². The molecule has 0 spiro atoms. The first-order valence-corrected chi connectivity index (χ1v) is 10.5. The minimum atomic E-state index is -0.130. The number of amides is 2. The highest BCUT2D eigenvalue weighted by Gasteiger charge is 2.16. The number of rotatable bonds is 8. The van der Waals surface area contributed by atoms with Crippen LogP contribution in [-0.2, 0) is 19.3 Å². The lowest BCUT2D eigenvalue weighted by atomic mass is 9.89. The molecule has 29 heavy (non-hydrogen) atoms. The van der Waals surface area contributed by atoms with Crippen molar-refractivity contribution >= 4 is 6.03 Å². The monoisotopic (exact) mass is 396 g/mol. The zero-order chi connectivity index (χ0) is 20.6. The van der Waals surface area contributed by atoms with Gasteiger partial charge in [-0.2, -0.15) is 0 Å². The first-order valence-electron chi connectivity index (χ1n) is 10.5. The Hall–Kier alpha value is -2.69. The van der Waals surface area contributed by atoms with E-state index in [0.717, 1.165) is 24.8 Å². The second-order valence-electron chi connectivity index (χ2n) is 7.54. The summed E-state index contributed by atoms with van der Waals surface area (Å²) in [4.78, 5) is 12.4. The standard InChI is InChI=1S/C24H32N2O3/c1-4-21(20-11-10-18-7-5-6-8-19(18)16-20)26-24(27)25-14-13-17-9-12-22(28-2)23(15-17)29-3/h9-12,15-16,21H,4-8,13-14H2,1-3H3,(H2,25,26,27). The van der Waals surface area contributed by atoms with Crippen LogP contribution in [0.2, 0.25) is 0 Å². The molecule has 5 heteroatoms. The number of methoxy groups -OCH3 is 2. The molecule has 0 bridgehead atoms. The molecule has 1 aliphatic carbocycles. The first-order chi connectivity index (χ1) is 14.1. The molecule has 0 aromatic heterocycles. The third kappa shape index (κ3) is 5.43. The van der Waals surface area contributed by atoms with Crippen molar-refractivity contribution in [2.45, 2.75) is 51.5 Å². The fourth-order valence-corrected chi connectivity index (χ4v) is 3.96. The molecule has 5 nitrogen and oxygen atoms in total. The molecule has 0 saturated carbocycles. The summed E-state index contributed by atoms with van der Waals surface area (Å²) < 4.78 is 10.6. The number of nitrogens with one attached hydrogen (secondary N) is 2. The van der Waals surface area contributed by atoms with E-state index < -0.39 is 0 Å². The van der Waals surface area contributed by atoms with E-state index in [0.29, 0.717) is 18.0 Å². The van der Waals surface area contributed by atoms with E-state index in [1.807, 2.05) is 18.2 Å². The lowest BCUT2D eigenvalue weighted by Crippen LogP contribution is -2.38. The average Bonchev–Trinajstić information content (AvgIpc) is 2.77. The van der Waals surface area contributed by atoms with Crippen molar-refractivity contribution < 1.29 is 14.3 Å². The molecule has 0 saturated heterocycles. The summed E-state index contributed by atoms with van der Waals surface area (Å²) in [7, 11) is 3.25. The van der Waals surface area contributed by atoms with Gasteiger partial charge >= 0.3 is 6.03 Å². The molecular formula is C24H32N2O3. The van der Waals surface area contributed by atoms with Crippen LogP contribution in [0.3, 0.4) is 0 Å². The van der Waals surface area contributed by atoms with E-state index in [1.54, 1.807) is 14.2 Å². The van der Waals surface area contributed by atoms with Crippen LogP contribution in [0.1, 0.15) is 54.5 Å². The van der Waals surface area contributed by atoms with Crippen LogP contribution in [0.25, 0.3) is 0 Å². The van der Waals surface area contributed by atoms with Crippen molar-refractivity contribution in [3.8, 4) is 11.5 Å². The largest absolute Gasteiger partial charge is 0.493 e. The van der Waals surface area contributed by atoms with E-state index in [1.165, 1.54) is 36.0 Å². The van der Waals surface area contributed by atoms with Crippen LogP contribution in [0.4, 0.5) is 4.79 Å². The summed E-state index contributed by atoms with van der Waals surface area (Å²) in [6.45, 7) is 2.66. The van der Waals surface area contributed by atoms with E-state index >= 15 is 0 Å². The molecule has 2 N–H and O–H groups in total. The molecule has 0 radical (unpaired) electrons. The molecule has 2 aromatic carbocycles. The van der Waals surface area contributed by atoms with Gasteiger partial charge in [-0.05, 0) is 72.9 Å². The highest BCUT2D eigenvalue weighted by Crippen LogP contribution is 2.28.